The Morgan fingerprint density at radius 1 is 1.39 bits per heavy atom. The van der Waals surface area contributed by atoms with Gasteiger partial charge in [-0.1, -0.05) is 13.8 Å². The maximum absolute atomic E-state index is 9.23. The highest BCUT2D eigenvalue weighted by molar-refractivity contribution is 5.57. The van der Waals surface area contributed by atoms with Crippen LogP contribution in [0.15, 0.2) is 0 Å². The number of rotatable bonds is 5. The molecule has 96 valence electrons. The Morgan fingerprint density at radius 2 is 2.06 bits per heavy atom. The van der Waals surface area contributed by atoms with Crippen LogP contribution in [0.4, 0.5) is 5.82 Å². The van der Waals surface area contributed by atoms with Gasteiger partial charge in [0.15, 0.2) is 0 Å². The third-order valence-electron chi connectivity index (χ3n) is 2.68. The predicted molar refractivity (Wildman–Crippen MR) is 69.9 cm³/mol. The van der Waals surface area contributed by atoms with Gasteiger partial charge >= 0.3 is 0 Å². The van der Waals surface area contributed by atoms with Crippen molar-refractivity contribution in [2.45, 2.75) is 27.2 Å². The normalized spacial score (nSPS) is 10.2. The van der Waals surface area contributed by atoms with E-state index in [-0.39, 0.29) is 0 Å². The summed E-state index contributed by atoms with van der Waals surface area (Å²) in [5, 5.41) is 22.2. The molecule has 0 unspecified atom stereocenters. The molecular weight excluding hydrogens is 226 g/mol. The molecule has 1 aromatic heterocycles. The zero-order valence-electron chi connectivity index (χ0n) is 11.4. The fourth-order valence-electron chi connectivity index (χ4n) is 2.05. The van der Waals surface area contributed by atoms with Crippen molar-refractivity contribution in [3.8, 4) is 12.1 Å². The van der Waals surface area contributed by atoms with Gasteiger partial charge < -0.3 is 4.90 Å². The SMILES string of the molecule is Cc1nn(C)c(N(CCC#N)CC(C)C)c1C#N. The predicted octanol–water partition coefficient (Wildman–Crippen LogP) is 1.98. The van der Waals surface area contributed by atoms with Gasteiger partial charge in [0.2, 0.25) is 0 Å². The Morgan fingerprint density at radius 3 is 2.56 bits per heavy atom. The molecule has 0 aromatic carbocycles. The molecule has 0 fully saturated rings. The molecule has 5 nitrogen and oxygen atoms in total. The van der Waals surface area contributed by atoms with Gasteiger partial charge in [0.05, 0.1) is 18.2 Å². The van der Waals surface area contributed by atoms with Gasteiger partial charge in [-0.15, -0.1) is 0 Å². The third kappa shape index (κ3) is 3.01. The molecule has 0 aliphatic rings. The van der Waals surface area contributed by atoms with Crippen molar-refractivity contribution in [3.05, 3.63) is 11.3 Å². The lowest BCUT2D eigenvalue weighted by Gasteiger charge is -2.25. The summed E-state index contributed by atoms with van der Waals surface area (Å²) in [4.78, 5) is 2.08. The minimum Gasteiger partial charge on any atom is -0.354 e. The Labute approximate surface area is 108 Å². The van der Waals surface area contributed by atoms with Crippen LogP contribution < -0.4 is 4.90 Å². The fourth-order valence-corrected chi connectivity index (χ4v) is 2.05. The Kier molecular flexibility index (Phi) is 4.74. The van der Waals surface area contributed by atoms with E-state index in [1.54, 1.807) is 4.68 Å². The zero-order chi connectivity index (χ0) is 13.7. The molecule has 0 saturated carbocycles. The van der Waals surface area contributed by atoms with Crippen molar-refractivity contribution in [2.75, 3.05) is 18.0 Å². The molecule has 0 amide bonds. The lowest BCUT2D eigenvalue weighted by atomic mass is 10.1. The molecule has 0 bridgehead atoms. The van der Waals surface area contributed by atoms with Crippen LogP contribution in [0.5, 0.6) is 0 Å². The van der Waals surface area contributed by atoms with Gasteiger partial charge in [-0.3, -0.25) is 4.68 Å². The summed E-state index contributed by atoms with van der Waals surface area (Å²) in [7, 11) is 1.84. The molecule has 0 saturated heterocycles. The van der Waals surface area contributed by atoms with Crippen LogP contribution in [0, 0.1) is 35.5 Å². The lowest BCUT2D eigenvalue weighted by Crippen LogP contribution is -2.31. The standard InChI is InChI=1S/C13H19N5/c1-10(2)9-18(7-5-6-14)13-12(8-15)11(3)16-17(13)4/h10H,5,7,9H2,1-4H3. The van der Waals surface area contributed by atoms with Crippen LogP contribution in [-0.4, -0.2) is 22.9 Å². The van der Waals surface area contributed by atoms with Crippen molar-refractivity contribution in [1.82, 2.24) is 9.78 Å². The lowest BCUT2D eigenvalue weighted by molar-refractivity contribution is 0.593. The number of aryl methyl sites for hydroxylation is 2. The maximum atomic E-state index is 9.23. The molecule has 0 aliphatic heterocycles. The van der Waals surface area contributed by atoms with Crippen molar-refractivity contribution in [1.29, 1.82) is 10.5 Å². The van der Waals surface area contributed by atoms with Gasteiger partial charge in [-0.05, 0) is 12.8 Å². The van der Waals surface area contributed by atoms with E-state index < -0.39 is 0 Å². The van der Waals surface area contributed by atoms with Crippen LogP contribution in [0.3, 0.4) is 0 Å². The average molecular weight is 245 g/mol. The van der Waals surface area contributed by atoms with Gasteiger partial charge in [0.25, 0.3) is 0 Å². The molecule has 1 rings (SSSR count). The van der Waals surface area contributed by atoms with Gasteiger partial charge in [-0.25, -0.2) is 0 Å². The summed E-state index contributed by atoms with van der Waals surface area (Å²) in [6.45, 7) is 7.51. The minimum absolute atomic E-state index is 0.446. The summed E-state index contributed by atoms with van der Waals surface area (Å²) in [6, 6.07) is 4.36. The van der Waals surface area contributed by atoms with Gasteiger partial charge in [-0.2, -0.15) is 15.6 Å². The molecule has 0 spiro atoms. The van der Waals surface area contributed by atoms with Crippen LogP contribution in [0.2, 0.25) is 0 Å². The molecule has 0 aliphatic carbocycles. The maximum Gasteiger partial charge on any atom is 0.145 e. The van der Waals surface area contributed by atoms with Crippen molar-refractivity contribution >= 4 is 5.82 Å². The van der Waals surface area contributed by atoms with E-state index in [0.29, 0.717) is 24.4 Å². The fraction of sp³-hybridized carbons (Fsp3) is 0.615. The summed E-state index contributed by atoms with van der Waals surface area (Å²) < 4.78 is 1.73. The second-order valence-corrected chi connectivity index (χ2v) is 4.77. The summed E-state index contributed by atoms with van der Waals surface area (Å²) in [5.41, 5.74) is 1.34. The minimum atomic E-state index is 0.446. The molecule has 5 heteroatoms. The highest BCUT2D eigenvalue weighted by Crippen LogP contribution is 2.23. The Hall–Kier alpha value is -2.01. The number of hydrogen-bond donors (Lipinski definition) is 0. The number of nitrogens with zero attached hydrogens (tertiary/aromatic N) is 5. The average Bonchev–Trinajstić information content (AvgIpc) is 2.58. The first kappa shape index (κ1) is 14.1. The monoisotopic (exact) mass is 245 g/mol. The first-order valence-electron chi connectivity index (χ1n) is 6.06. The molecule has 1 aromatic rings. The van der Waals surface area contributed by atoms with Crippen LogP contribution >= 0.6 is 0 Å². The van der Waals surface area contributed by atoms with E-state index >= 15 is 0 Å². The zero-order valence-corrected chi connectivity index (χ0v) is 11.4. The first-order chi connectivity index (χ1) is 8.51. The quantitative estimate of drug-likeness (QED) is 0.795. The van der Waals surface area contributed by atoms with Crippen molar-refractivity contribution < 1.29 is 0 Å². The molecule has 18 heavy (non-hydrogen) atoms. The molecule has 0 N–H and O–H groups in total. The summed E-state index contributed by atoms with van der Waals surface area (Å²) >= 11 is 0. The highest BCUT2D eigenvalue weighted by atomic mass is 15.4. The van der Waals surface area contributed by atoms with Gasteiger partial charge in [0, 0.05) is 20.1 Å². The summed E-state index contributed by atoms with van der Waals surface area (Å²) in [6.07, 6.45) is 0.446. The van der Waals surface area contributed by atoms with Crippen LogP contribution in [0.25, 0.3) is 0 Å². The number of aromatic nitrogens is 2. The number of hydrogen-bond acceptors (Lipinski definition) is 4. The van der Waals surface area contributed by atoms with E-state index in [0.717, 1.165) is 18.1 Å². The number of anilines is 1. The van der Waals surface area contributed by atoms with Crippen molar-refractivity contribution in [2.24, 2.45) is 13.0 Å². The summed E-state index contributed by atoms with van der Waals surface area (Å²) in [5.74, 6) is 1.28. The Balaban J connectivity index is 3.12. The van der Waals surface area contributed by atoms with Crippen LogP contribution in [-0.2, 0) is 7.05 Å². The van der Waals surface area contributed by atoms with Crippen molar-refractivity contribution in [3.63, 3.8) is 0 Å². The van der Waals surface area contributed by atoms with E-state index in [1.165, 1.54) is 0 Å². The Bertz CT molecular complexity index is 487. The third-order valence-corrected chi connectivity index (χ3v) is 2.68. The van der Waals surface area contributed by atoms with E-state index in [4.69, 9.17) is 5.26 Å². The van der Waals surface area contributed by atoms with E-state index in [2.05, 4.69) is 36.0 Å². The van der Waals surface area contributed by atoms with E-state index in [9.17, 15) is 5.26 Å². The van der Waals surface area contributed by atoms with E-state index in [1.807, 2.05) is 14.0 Å². The smallest absolute Gasteiger partial charge is 0.145 e. The topological polar surface area (TPSA) is 68.6 Å². The second-order valence-electron chi connectivity index (χ2n) is 4.77. The van der Waals surface area contributed by atoms with Gasteiger partial charge in [0.1, 0.15) is 17.5 Å². The molecule has 0 atom stereocenters. The number of nitriles is 2. The molecular formula is C13H19N5. The second kappa shape index (κ2) is 6.07. The highest BCUT2D eigenvalue weighted by Gasteiger charge is 2.19. The molecule has 1 heterocycles. The molecule has 0 radical (unpaired) electrons. The largest absolute Gasteiger partial charge is 0.354 e. The van der Waals surface area contributed by atoms with Crippen LogP contribution in [0.1, 0.15) is 31.5 Å². The first-order valence-corrected chi connectivity index (χ1v) is 6.06.